The van der Waals surface area contributed by atoms with Gasteiger partial charge in [-0.2, -0.15) is 0 Å². The van der Waals surface area contributed by atoms with E-state index < -0.39 is 5.97 Å². The van der Waals surface area contributed by atoms with Crippen molar-refractivity contribution in [1.29, 1.82) is 0 Å². The van der Waals surface area contributed by atoms with Crippen molar-refractivity contribution < 1.29 is 14.7 Å². The molecule has 0 fully saturated rings. The van der Waals surface area contributed by atoms with Crippen LogP contribution in [0.25, 0.3) is 0 Å². The number of nitrogens with two attached hydrogens (primary N) is 1. The minimum Gasteiger partial charge on any atom is -0.481 e. The molecular weight excluding hydrogens is 232 g/mol. The molecule has 0 aromatic rings. The molecule has 5 nitrogen and oxygen atoms in total. The third-order valence-corrected chi connectivity index (χ3v) is 3.08. The predicted octanol–water partition coefficient (Wildman–Crippen LogP) is 1.37. The topological polar surface area (TPSA) is 92.4 Å². The Hall–Kier alpha value is -1.10. The first-order chi connectivity index (χ1) is 8.14. The van der Waals surface area contributed by atoms with E-state index >= 15 is 0 Å². The van der Waals surface area contributed by atoms with Crippen LogP contribution in [0.3, 0.4) is 0 Å². The van der Waals surface area contributed by atoms with Crippen LogP contribution in [0.15, 0.2) is 0 Å². The highest BCUT2D eigenvalue weighted by molar-refractivity contribution is 5.76. The molecule has 0 heterocycles. The number of nitrogens with one attached hydrogen (secondary N) is 1. The lowest BCUT2D eigenvalue weighted by molar-refractivity contribution is -0.141. The van der Waals surface area contributed by atoms with Gasteiger partial charge < -0.3 is 16.2 Å². The number of carboxylic acids is 1. The molecule has 0 rings (SSSR count). The fourth-order valence-corrected chi connectivity index (χ4v) is 1.34. The van der Waals surface area contributed by atoms with E-state index in [1.54, 1.807) is 6.92 Å². The van der Waals surface area contributed by atoms with Gasteiger partial charge in [-0.1, -0.05) is 27.7 Å². The lowest BCUT2D eigenvalue weighted by atomic mass is 9.85. The second-order valence-electron chi connectivity index (χ2n) is 5.91. The van der Waals surface area contributed by atoms with Crippen LogP contribution in [0.5, 0.6) is 0 Å². The van der Waals surface area contributed by atoms with E-state index in [-0.39, 0.29) is 23.3 Å². The van der Waals surface area contributed by atoms with Gasteiger partial charge >= 0.3 is 5.97 Å². The highest BCUT2D eigenvalue weighted by Gasteiger charge is 2.22. The Kier molecular flexibility index (Phi) is 6.91. The van der Waals surface area contributed by atoms with Crippen molar-refractivity contribution in [2.24, 2.45) is 17.1 Å². The quantitative estimate of drug-likeness (QED) is 0.601. The standard InChI is InChI=1S/C13H26N2O3/c1-9(12(17)18)6-5-7-15-11(16)8-10(14)13(2,3)4/h9-10H,5-8,14H2,1-4H3,(H,15,16)(H,17,18). The van der Waals surface area contributed by atoms with Crippen LogP contribution in [0.2, 0.25) is 0 Å². The number of rotatable bonds is 7. The van der Waals surface area contributed by atoms with E-state index in [0.717, 1.165) is 0 Å². The molecule has 0 radical (unpaired) electrons. The van der Waals surface area contributed by atoms with Gasteiger partial charge in [-0.05, 0) is 18.3 Å². The summed E-state index contributed by atoms with van der Waals surface area (Å²) in [5.74, 6) is -1.23. The Labute approximate surface area is 109 Å². The molecule has 0 aliphatic heterocycles. The zero-order valence-electron chi connectivity index (χ0n) is 11.8. The van der Waals surface area contributed by atoms with Gasteiger partial charge in [-0.3, -0.25) is 9.59 Å². The Bertz CT molecular complexity index is 284. The molecule has 2 atom stereocenters. The molecule has 0 spiro atoms. The molecule has 5 heteroatoms. The van der Waals surface area contributed by atoms with Crippen molar-refractivity contribution in [3.05, 3.63) is 0 Å². The maximum absolute atomic E-state index is 11.6. The van der Waals surface area contributed by atoms with Gasteiger partial charge in [-0.25, -0.2) is 0 Å². The van der Waals surface area contributed by atoms with Crippen molar-refractivity contribution in [1.82, 2.24) is 5.32 Å². The van der Waals surface area contributed by atoms with Crippen LogP contribution in [0, 0.1) is 11.3 Å². The van der Waals surface area contributed by atoms with Gasteiger partial charge in [0, 0.05) is 19.0 Å². The van der Waals surface area contributed by atoms with Gasteiger partial charge in [0.25, 0.3) is 0 Å². The van der Waals surface area contributed by atoms with Crippen molar-refractivity contribution in [3.8, 4) is 0 Å². The summed E-state index contributed by atoms with van der Waals surface area (Å²) in [6.45, 7) is 8.17. The Morgan fingerprint density at radius 3 is 2.33 bits per heavy atom. The molecule has 0 aliphatic carbocycles. The molecule has 0 aromatic carbocycles. The van der Waals surface area contributed by atoms with Crippen LogP contribution in [-0.2, 0) is 9.59 Å². The van der Waals surface area contributed by atoms with Crippen LogP contribution >= 0.6 is 0 Å². The minimum absolute atomic E-state index is 0.0691. The summed E-state index contributed by atoms with van der Waals surface area (Å²) in [6, 6.07) is -0.171. The van der Waals surface area contributed by atoms with Crippen molar-refractivity contribution in [2.75, 3.05) is 6.54 Å². The van der Waals surface area contributed by atoms with Crippen LogP contribution in [-0.4, -0.2) is 29.6 Å². The zero-order chi connectivity index (χ0) is 14.3. The van der Waals surface area contributed by atoms with Crippen LogP contribution in [0.4, 0.5) is 0 Å². The first kappa shape index (κ1) is 16.9. The molecule has 0 saturated carbocycles. The predicted molar refractivity (Wildman–Crippen MR) is 71.1 cm³/mol. The summed E-state index contributed by atoms with van der Waals surface area (Å²) < 4.78 is 0. The normalized spacial score (nSPS) is 14.9. The van der Waals surface area contributed by atoms with E-state index in [2.05, 4.69) is 5.32 Å². The third kappa shape index (κ3) is 7.27. The van der Waals surface area contributed by atoms with Gasteiger partial charge in [0.2, 0.25) is 5.91 Å². The van der Waals surface area contributed by atoms with E-state index in [1.165, 1.54) is 0 Å². The average molecular weight is 258 g/mol. The van der Waals surface area contributed by atoms with Crippen LogP contribution in [0.1, 0.15) is 47.0 Å². The Balaban J connectivity index is 3.76. The molecule has 1 amide bonds. The summed E-state index contributed by atoms with van der Waals surface area (Å²) in [5, 5.41) is 11.5. The monoisotopic (exact) mass is 258 g/mol. The molecule has 18 heavy (non-hydrogen) atoms. The Morgan fingerprint density at radius 1 is 1.33 bits per heavy atom. The van der Waals surface area contributed by atoms with Crippen molar-refractivity contribution in [2.45, 2.75) is 53.0 Å². The first-order valence-electron chi connectivity index (χ1n) is 6.39. The largest absolute Gasteiger partial charge is 0.481 e. The van der Waals surface area contributed by atoms with Crippen LogP contribution < -0.4 is 11.1 Å². The lowest BCUT2D eigenvalue weighted by Crippen LogP contribution is -2.40. The first-order valence-corrected chi connectivity index (χ1v) is 6.39. The maximum Gasteiger partial charge on any atom is 0.306 e. The number of amides is 1. The molecule has 2 unspecified atom stereocenters. The molecule has 0 bridgehead atoms. The fraction of sp³-hybridized carbons (Fsp3) is 0.846. The highest BCUT2D eigenvalue weighted by atomic mass is 16.4. The lowest BCUT2D eigenvalue weighted by Gasteiger charge is -2.26. The van der Waals surface area contributed by atoms with Gasteiger partial charge in [0.15, 0.2) is 0 Å². The fourth-order valence-electron chi connectivity index (χ4n) is 1.34. The number of aliphatic carboxylic acids is 1. The number of carboxylic acid groups (broad SMARTS) is 1. The zero-order valence-corrected chi connectivity index (χ0v) is 11.8. The smallest absolute Gasteiger partial charge is 0.306 e. The third-order valence-electron chi connectivity index (χ3n) is 3.08. The van der Waals surface area contributed by atoms with Crippen molar-refractivity contribution >= 4 is 11.9 Å². The second-order valence-corrected chi connectivity index (χ2v) is 5.91. The van der Waals surface area contributed by atoms with E-state index in [4.69, 9.17) is 10.8 Å². The summed E-state index contributed by atoms with van der Waals surface area (Å²) >= 11 is 0. The Morgan fingerprint density at radius 2 is 1.89 bits per heavy atom. The SMILES string of the molecule is CC(CCCNC(=O)CC(N)C(C)(C)C)C(=O)O. The van der Waals surface area contributed by atoms with E-state index in [9.17, 15) is 9.59 Å². The molecule has 0 aromatic heterocycles. The molecule has 106 valence electrons. The summed E-state index contributed by atoms with van der Waals surface area (Å²) in [5.41, 5.74) is 5.82. The van der Waals surface area contributed by atoms with Crippen molar-refractivity contribution in [3.63, 3.8) is 0 Å². The maximum atomic E-state index is 11.6. The number of hydrogen-bond donors (Lipinski definition) is 3. The minimum atomic E-state index is -0.795. The van der Waals surface area contributed by atoms with E-state index in [1.807, 2.05) is 20.8 Å². The molecule has 0 saturated heterocycles. The van der Waals surface area contributed by atoms with Gasteiger partial charge in [-0.15, -0.1) is 0 Å². The second kappa shape index (κ2) is 7.36. The van der Waals surface area contributed by atoms with Gasteiger partial charge in [0.1, 0.15) is 0 Å². The highest BCUT2D eigenvalue weighted by Crippen LogP contribution is 2.19. The number of carbonyl (C=O) groups excluding carboxylic acids is 1. The summed E-state index contributed by atoms with van der Waals surface area (Å²) in [7, 11) is 0. The summed E-state index contributed by atoms with van der Waals surface area (Å²) in [4.78, 5) is 22.2. The number of hydrogen-bond acceptors (Lipinski definition) is 3. The molecule has 0 aliphatic rings. The molecule has 4 N–H and O–H groups in total. The number of carbonyl (C=O) groups is 2. The average Bonchev–Trinajstić information content (AvgIpc) is 2.22. The molecular formula is C13H26N2O3. The van der Waals surface area contributed by atoms with E-state index in [0.29, 0.717) is 25.8 Å². The van der Waals surface area contributed by atoms with Gasteiger partial charge in [0.05, 0.1) is 5.92 Å². The summed E-state index contributed by atoms with van der Waals surface area (Å²) in [6.07, 6.45) is 1.54.